The number of thiophene rings is 1. The number of nitrogens with two attached hydrogens (primary N) is 1. The lowest BCUT2D eigenvalue weighted by molar-refractivity contribution is 0.600. The minimum atomic E-state index is -3.93. The summed E-state index contributed by atoms with van der Waals surface area (Å²) in [5, 5.41) is 5.84. The van der Waals surface area contributed by atoms with Crippen molar-refractivity contribution in [2.75, 3.05) is 0 Å². The van der Waals surface area contributed by atoms with Crippen LogP contribution in [0.25, 0.3) is 15.9 Å². The van der Waals surface area contributed by atoms with E-state index in [1.165, 1.54) is 10.6 Å². The van der Waals surface area contributed by atoms with Gasteiger partial charge >= 0.3 is 0 Å². The van der Waals surface area contributed by atoms with Crippen LogP contribution >= 0.6 is 22.9 Å². The van der Waals surface area contributed by atoms with Crippen LogP contribution in [-0.2, 0) is 16.4 Å². The average molecular weight is 434 g/mol. The van der Waals surface area contributed by atoms with E-state index in [9.17, 15) is 13.2 Å². The minimum Gasteiger partial charge on any atom is -0.268 e. The van der Waals surface area contributed by atoms with Gasteiger partial charge in [-0.2, -0.15) is 0 Å². The highest BCUT2D eigenvalue weighted by molar-refractivity contribution is 7.91. The van der Waals surface area contributed by atoms with Gasteiger partial charge in [0.15, 0.2) is 0 Å². The van der Waals surface area contributed by atoms with E-state index in [0.29, 0.717) is 27.8 Å². The summed E-state index contributed by atoms with van der Waals surface area (Å²) in [5.41, 5.74) is 1.17. The van der Waals surface area contributed by atoms with Crippen molar-refractivity contribution >= 4 is 43.2 Å². The summed E-state index contributed by atoms with van der Waals surface area (Å²) in [6, 6.07) is 8.27. The number of primary sulfonamides is 1. The quantitative estimate of drug-likeness (QED) is 0.680. The maximum absolute atomic E-state index is 13.3. The summed E-state index contributed by atoms with van der Waals surface area (Å²) in [4.78, 5) is 18.2. The van der Waals surface area contributed by atoms with Gasteiger partial charge in [0.05, 0.1) is 16.1 Å². The smallest absolute Gasteiger partial charge is 0.266 e. The molecule has 0 amide bonds. The number of para-hydroxylation sites is 1. The Balaban J connectivity index is 2.00. The van der Waals surface area contributed by atoms with Gasteiger partial charge in [-0.1, -0.05) is 42.0 Å². The zero-order valence-electron chi connectivity index (χ0n) is 14.6. The van der Waals surface area contributed by atoms with E-state index >= 15 is 0 Å². The van der Waals surface area contributed by atoms with Gasteiger partial charge in [0.25, 0.3) is 5.56 Å². The minimum absolute atomic E-state index is 0.0910. The molecule has 0 atom stereocenters. The number of hydrogen-bond acceptors (Lipinski definition) is 5. The molecular weight excluding hydrogens is 418 g/mol. The van der Waals surface area contributed by atoms with Gasteiger partial charge in [-0.15, -0.1) is 11.3 Å². The van der Waals surface area contributed by atoms with E-state index in [-0.39, 0.29) is 15.2 Å². The van der Waals surface area contributed by atoms with Crippen LogP contribution in [0.4, 0.5) is 0 Å². The average Bonchev–Trinajstić information content (AvgIpc) is 3.09. The van der Waals surface area contributed by atoms with Crippen molar-refractivity contribution < 1.29 is 8.42 Å². The number of benzene rings is 1. The third-order valence-corrected chi connectivity index (χ3v) is 7.19. The topological polar surface area (TPSA) is 95.0 Å². The third kappa shape index (κ3) is 3.56. The van der Waals surface area contributed by atoms with E-state index in [1.807, 2.05) is 6.08 Å². The summed E-state index contributed by atoms with van der Waals surface area (Å²) in [5.74, 6) is 0.492. The molecule has 3 aromatic rings. The first-order chi connectivity index (χ1) is 13.3. The zero-order chi connectivity index (χ0) is 19.9. The molecule has 0 radical (unpaired) electrons. The molecule has 144 valence electrons. The predicted octanol–water partition coefficient (Wildman–Crippen LogP) is 3.57. The van der Waals surface area contributed by atoms with Crippen molar-refractivity contribution in [3.8, 4) is 5.69 Å². The first kappa shape index (κ1) is 19.1. The molecule has 0 spiro atoms. The molecule has 0 fully saturated rings. The van der Waals surface area contributed by atoms with Crippen molar-refractivity contribution in [3.63, 3.8) is 0 Å². The number of halogens is 1. The Labute approximate surface area is 170 Å². The molecular formula is C19H16ClN3O3S2. The molecule has 2 heterocycles. The molecule has 0 bridgehead atoms. The normalized spacial score (nSPS) is 14.4. The van der Waals surface area contributed by atoms with Crippen LogP contribution in [0.5, 0.6) is 0 Å². The number of fused-ring (bicyclic) bond motifs is 1. The first-order valence-corrected chi connectivity index (χ1v) is 11.3. The molecule has 1 aliphatic carbocycles. The molecule has 6 nitrogen and oxygen atoms in total. The predicted molar refractivity (Wildman–Crippen MR) is 112 cm³/mol. The molecule has 0 saturated carbocycles. The van der Waals surface area contributed by atoms with Crippen LogP contribution < -0.4 is 10.7 Å². The van der Waals surface area contributed by atoms with Crippen molar-refractivity contribution in [2.45, 2.75) is 23.5 Å². The van der Waals surface area contributed by atoms with Gasteiger partial charge in [0, 0.05) is 6.42 Å². The number of aromatic nitrogens is 2. The summed E-state index contributed by atoms with van der Waals surface area (Å²) in [6.45, 7) is 0. The van der Waals surface area contributed by atoms with Crippen LogP contribution in [0.3, 0.4) is 0 Å². The molecule has 0 aliphatic heterocycles. The second-order valence-corrected chi connectivity index (χ2v) is 9.61. The zero-order valence-corrected chi connectivity index (χ0v) is 17.0. The fraction of sp³-hybridized carbons (Fsp3) is 0.158. The van der Waals surface area contributed by atoms with Gasteiger partial charge in [-0.3, -0.25) is 9.36 Å². The van der Waals surface area contributed by atoms with E-state index in [4.69, 9.17) is 16.7 Å². The van der Waals surface area contributed by atoms with Gasteiger partial charge in [-0.25, -0.2) is 18.5 Å². The maximum Gasteiger partial charge on any atom is 0.266 e. The van der Waals surface area contributed by atoms with Gasteiger partial charge in [0.2, 0.25) is 10.0 Å². The Hall–Kier alpha value is -2.26. The fourth-order valence-corrected chi connectivity index (χ4v) is 5.10. The highest BCUT2D eigenvalue weighted by Gasteiger charge is 2.20. The molecule has 2 N–H and O–H groups in total. The van der Waals surface area contributed by atoms with Gasteiger partial charge in [-0.05, 0) is 36.6 Å². The van der Waals surface area contributed by atoms with E-state index in [1.54, 1.807) is 24.3 Å². The van der Waals surface area contributed by atoms with Crippen LogP contribution in [0.15, 0.2) is 63.1 Å². The Morgan fingerprint density at radius 2 is 2.04 bits per heavy atom. The lowest BCUT2D eigenvalue weighted by atomic mass is 10.0. The molecule has 1 aliphatic rings. The molecule has 4 rings (SSSR count). The van der Waals surface area contributed by atoms with Crippen molar-refractivity contribution in [2.24, 2.45) is 5.14 Å². The highest BCUT2D eigenvalue weighted by Crippen LogP contribution is 2.28. The lowest BCUT2D eigenvalue weighted by Gasteiger charge is -2.15. The van der Waals surface area contributed by atoms with Crippen LogP contribution in [-0.4, -0.2) is 18.0 Å². The molecule has 0 saturated heterocycles. The standard InChI is InChI=1S/C19H16ClN3O3S2/c20-14-8-4-5-9-15(14)23-16(10-12-6-2-1-3-7-12)22-18-13(19(23)24)11-17(27-18)28(21,25)26/h2,4-9,11H,1,3,10H2,(H2,21,25,26). The second kappa shape index (κ2) is 7.29. The molecule has 1 aromatic carbocycles. The number of sulfonamides is 1. The number of rotatable bonds is 4. The number of allylic oxidation sites excluding steroid dienone is 4. The molecule has 0 unspecified atom stereocenters. The van der Waals surface area contributed by atoms with Crippen molar-refractivity contribution in [1.82, 2.24) is 9.55 Å². The molecule has 28 heavy (non-hydrogen) atoms. The second-order valence-electron chi connectivity index (χ2n) is 6.38. The monoisotopic (exact) mass is 433 g/mol. The number of hydrogen-bond donors (Lipinski definition) is 1. The Morgan fingerprint density at radius 3 is 2.71 bits per heavy atom. The summed E-state index contributed by atoms with van der Waals surface area (Å²) < 4.78 is 24.8. The molecule has 9 heteroatoms. The highest BCUT2D eigenvalue weighted by atomic mass is 35.5. The van der Waals surface area contributed by atoms with Crippen molar-refractivity contribution in [1.29, 1.82) is 0 Å². The maximum atomic E-state index is 13.3. The van der Waals surface area contributed by atoms with E-state index < -0.39 is 10.0 Å². The van der Waals surface area contributed by atoms with E-state index in [2.05, 4.69) is 17.1 Å². The van der Waals surface area contributed by atoms with Gasteiger partial charge < -0.3 is 0 Å². The van der Waals surface area contributed by atoms with E-state index in [0.717, 1.165) is 29.8 Å². The Bertz CT molecular complexity index is 1300. The number of nitrogens with zero attached hydrogens (tertiary/aromatic N) is 2. The third-order valence-electron chi connectivity index (χ3n) is 4.42. The summed E-state index contributed by atoms with van der Waals surface area (Å²) >= 11 is 7.24. The Morgan fingerprint density at radius 1 is 1.25 bits per heavy atom. The van der Waals surface area contributed by atoms with Crippen LogP contribution in [0.1, 0.15) is 18.7 Å². The summed E-state index contributed by atoms with van der Waals surface area (Å²) in [7, 11) is -3.93. The fourth-order valence-electron chi connectivity index (χ4n) is 3.12. The Kier molecular flexibility index (Phi) is 4.96. The first-order valence-electron chi connectivity index (χ1n) is 8.53. The van der Waals surface area contributed by atoms with Crippen LogP contribution in [0.2, 0.25) is 5.02 Å². The molecule has 2 aromatic heterocycles. The lowest BCUT2D eigenvalue weighted by Crippen LogP contribution is -2.24. The largest absolute Gasteiger partial charge is 0.268 e. The van der Waals surface area contributed by atoms with Crippen LogP contribution in [0, 0.1) is 0 Å². The van der Waals surface area contributed by atoms with Crippen molar-refractivity contribution in [3.05, 3.63) is 75.3 Å². The summed E-state index contributed by atoms with van der Waals surface area (Å²) in [6.07, 6.45) is 8.54. The van der Waals surface area contributed by atoms with Gasteiger partial charge in [0.1, 0.15) is 14.9 Å². The SMILES string of the molecule is NS(=O)(=O)c1cc2c(=O)n(-c3ccccc3Cl)c(CC3=CCCC=C3)nc2s1.